The molecule has 6 nitrogen and oxygen atoms in total. The summed E-state index contributed by atoms with van der Waals surface area (Å²) in [5.74, 6) is -0.341. The van der Waals surface area contributed by atoms with Crippen LogP contribution in [0.4, 0.5) is 10.5 Å². The summed E-state index contributed by atoms with van der Waals surface area (Å²) in [6, 6.07) is 3.04. The molecule has 1 aromatic carbocycles. The Morgan fingerprint density at radius 3 is 2.48 bits per heavy atom. The maximum atomic E-state index is 12.7. The van der Waals surface area contributed by atoms with E-state index in [1.54, 1.807) is 20.8 Å². The van der Waals surface area contributed by atoms with E-state index in [9.17, 15) is 14.7 Å². The van der Waals surface area contributed by atoms with Gasteiger partial charge in [0.05, 0.1) is 18.3 Å². The number of β-amino-alcohol motifs (C(OH)–C–C–N with tert-alkyl or cyclic N) is 1. The summed E-state index contributed by atoms with van der Waals surface area (Å²) in [6.45, 7) is 9.32. The lowest BCUT2D eigenvalue weighted by atomic mass is 10.1. The predicted octanol–water partition coefficient (Wildman–Crippen LogP) is 3.37. The highest BCUT2D eigenvalue weighted by atomic mass is 79.9. The molecule has 0 unspecified atom stereocenters. The van der Waals surface area contributed by atoms with Gasteiger partial charge in [-0.2, -0.15) is 0 Å². The molecule has 1 saturated heterocycles. The van der Waals surface area contributed by atoms with Crippen molar-refractivity contribution < 1.29 is 19.4 Å². The van der Waals surface area contributed by atoms with Crippen molar-refractivity contribution in [3.8, 4) is 0 Å². The van der Waals surface area contributed by atoms with Crippen LogP contribution in [0.3, 0.4) is 0 Å². The van der Waals surface area contributed by atoms with Crippen LogP contribution in [0.25, 0.3) is 0 Å². The smallest absolute Gasteiger partial charge is 0.411 e. The molecule has 2 amide bonds. The van der Waals surface area contributed by atoms with E-state index in [0.717, 1.165) is 15.6 Å². The van der Waals surface area contributed by atoms with E-state index >= 15 is 0 Å². The van der Waals surface area contributed by atoms with E-state index in [0.29, 0.717) is 5.69 Å². The van der Waals surface area contributed by atoms with Crippen LogP contribution in [-0.2, 0) is 9.53 Å². The number of aliphatic hydroxyl groups is 1. The topological polar surface area (TPSA) is 78.9 Å². The molecule has 0 aromatic heterocycles. The largest absolute Gasteiger partial charge is 0.444 e. The molecule has 1 fully saturated rings. The molecule has 2 rings (SSSR count). The number of aliphatic hydroxyl groups excluding tert-OH is 1. The zero-order chi connectivity index (χ0) is 18.9. The first kappa shape index (κ1) is 19.7. The fourth-order valence-corrected chi connectivity index (χ4v) is 3.23. The predicted molar refractivity (Wildman–Crippen MR) is 99.6 cm³/mol. The lowest BCUT2D eigenvalue weighted by molar-refractivity contribution is -0.120. The summed E-state index contributed by atoms with van der Waals surface area (Å²) >= 11 is 3.44. The maximum absolute atomic E-state index is 12.7. The lowest BCUT2D eigenvalue weighted by Gasteiger charge is -2.28. The number of nitrogens with zero attached hydrogens (tertiary/aromatic N) is 1. The van der Waals surface area contributed by atoms with E-state index in [4.69, 9.17) is 4.74 Å². The molecule has 7 heteroatoms. The van der Waals surface area contributed by atoms with Gasteiger partial charge in [-0.3, -0.25) is 9.69 Å². The van der Waals surface area contributed by atoms with Crippen LogP contribution in [0, 0.1) is 13.8 Å². The van der Waals surface area contributed by atoms with E-state index < -0.39 is 23.8 Å². The molecule has 0 radical (unpaired) electrons. The molecular formula is C18H25BrN2O4. The Morgan fingerprint density at radius 1 is 1.28 bits per heavy atom. The molecule has 0 saturated carbocycles. The highest BCUT2D eigenvalue weighted by Crippen LogP contribution is 2.28. The summed E-state index contributed by atoms with van der Waals surface area (Å²) in [5.41, 5.74) is 2.13. The Hall–Kier alpha value is -1.60. The number of carbonyl (C=O) groups is 2. The number of aryl methyl sites for hydroxylation is 2. The van der Waals surface area contributed by atoms with Crippen LogP contribution in [0.1, 0.15) is 38.3 Å². The van der Waals surface area contributed by atoms with Crippen LogP contribution in [-0.4, -0.2) is 46.3 Å². The van der Waals surface area contributed by atoms with Gasteiger partial charge in [0, 0.05) is 10.9 Å². The van der Waals surface area contributed by atoms with Gasteiger partial charge in [-0.05, 0) is 73.8 Å². The van der Waals surface area contributed by atoms with Gasteiger partial charge in [0.1, 0.15) is 11.6 Å². The fraction of sp³-hybridized carbons (Fsp3) is 0.556. The second kappa shape index (κ2) is 7.33. The fourth-order valence-electron chi connectivity index (χ4n) is 2.68. The number of carbonyl (C=O) groups excluding carboxylic acids is 2. The molecule has 25 heavy (non-hydrogen) atoms. The molecule has 0 spiro atoms. The van der Waals surface area contributed by atoms with Crippen molar-refractivity contribution in [2.45, 2.75) is 58.8 Å². The summed E-state index contributed by atoms with van der Waals surface area (Å²) in [4.78, 5) is 26.3. The number of rotatable bonds is 2. The van der Waals surface area contributed by atoms with Crippen molar-refractivity contribution in [2.24, 2.45) is 0 Å². The molecule has 2 N–H and O–H groups in total. The van der Waals surface area contributed by atoms with Crippen LogP contribution >= 0.6 is 15.9 Å². The summed E-state index contributed by atoms with van der Waals surface area (Å²) in [6.07, 6.45) is -1.15. The number of benzene rings is 1. The van der Waals surface area contributed by atoms with Crippen molar-refractivity contribution >= 4 is 33.6 Å². The molecule has 1 heterocycles. The molecule has 1 aromatic rings. The number of likely N-dealkylation sites (tertiary alicyclic amines) is 1. The molecule has 0 bridgehead atoms. The van der Waals surface area contributed by atoms with Crippen molar-refractivity contribution in [3.05, 3.63) is 27.7 Å². The second-order valence-corrected chi connectivity index (χ2v) is 8.30. The first-order valence-corrected chi connectivity index (χ1v) is 9.02. The summed E-state index contributed by atoms with van der Waals surface area (Å²) in [5, 5.41) is 12.8. The molecule has 1 aliphatic rings. The van der Waals surface area contributed by atoms with E-state index in [1.807, 2.05) is 26.0 Å². The first-order valence-electron chi connectivity index (χ1n) is 8.23. The van der Waals surface area contributed by atoms with Gasteiger partial charge in [0.25, 0.3) is 0 Å². The maximum Gasteiger partial charge on any atom is 0.411 e. The average molecular weight is 413 g/mol. The summed E-state index contributed by atoms with van der Waals surface area (Å²) < 4.78 is 6.12. The number of amides is 2. The third-order valence-electron chi connectivity index (χ3n) is 4.05. The average Bonchev–Trinajstić information content (AvgIpc) is 2.85. The number of anilines is 1. The van der Waals surface area contributed by atoms with Gasteiger partial charge < -0.3 is 15.2 Å². The van der Waals surface area contributed by atoms with Gasteiger partial charge in [-0.1, -0.05) is 0 Å². The normalized spacial score (nSPS) is 20.5. The zero-order valence-corrected chi connectivity index (χ0v) is 16.8. The molecule has 0 aliphatic carbocycles. The van der Waals surface area contributed by atoms with Crippen LogP contribution in [0.15, 0.2) is 16.6 Å². The number of nitrogens with one attached hydrogen (secondary N) is 1. The number of halogens is 1. The second-order valence-electron chi connectivity index (χ2n) is 7.44. The summed E-state index contributed by atoms with van der Waals surface area (Å²) in [7, 11) is 0. The van der Waals surface area contributed by atoms with E-state index in [-0.39, 0.29) is 18.9 Å². The van der Waals surface area contributed by atoms with Crippen molar-refractivity contribution in [1.29, 1.82) is 0 Å². The Morgan fingerprint density at radius 2 is 1.88 bits per heavy atom. The Bertz CT molecular complexity index is 684. The van der Waals surface area contributed by atoms with Crippen molar-refractivity contribution in [2.75, 3.05) is 11.9 Å². The van der Waals surface area contributed by atoms with Crippen LogP contribution in [0.2, 0.25) is 0 Å². The standard InChI is InChI=1S/C18H25BrN2O4/c1-10-6-13(19)14(7-11(10)2)20-16(23)15-8-12(22)9-21(15)17(24)25-18(3,4)5/h6-7,12,15,22H,8-9H2,1-5H3,(H,20,23)/t12-,15+/m1/s1. The Balaban J connectivity index is 2.16. The Labute approximate surface area is 156 Å². The van der Waals surface area contributed by atoms with Gasteiger partial charge >= 0.3 is 6.09 Å². The van der Waals surface area contributed by atoms with E-state index in [1.165, 1.54) is 4.90 Å². The third kappa shape index (κ3) is 4.95. The molecule has 138 valence electrons. The highest BCUT2D eigenvalue weighted by Gasteiger charge is 2.41. The van der Waals surface area contributed by atoms with Crippen LogP contribution in [0.5, 0.6) is 0 Å². The molecule has 1 aliphatic heterocycles. The highest BCUT2D eigenvalue weighted by molar-refractivity contribution is 9.10. The van der Waals surface area contributed by atoms with Crippen molar-refractivity contribution in [1.82, 2.24) is 4.90 Å². The number of hydrogen-bond donors (Lipinski definition) is 2. The van der Waals surface area contributed by atoms with Crippen LogP contribution < -0.4 is 5.32 Å². The lowest BCUT2D eigenvalue weighted by Crippen LogP contribution is -2.45. The zero-order valence-electron chi connectivity index (χ0n) is 15.2. The first-order chi connectivity index (χ1) is 11.5. The molecule has 2 atom stereocenters. The van der Waals surface area contributed by atoms with Gasteiger partial charge in [0.15, 0.2) is 0 Å². The third-order valence-corrected chi connectivity index (χ3v) is 4.71. The SMILES string of the molecule is Cc1cc(Br)c(NC(=O)[C@@H]2C[C@@H](O)CN2C(=O)OC(C)(C)C)cc1C. The van der Waals surface area contributed by atoms with Gasteiger partial charge in [-0.25, -0.2) is 4.79 Å². The number of hydrogen-bond acceptors (Lipinski definition) is 4. The van der Waals surface area contributed by atoms with Gasteiger partial charge in [-0.15, -0.1) is 0 Å². The minimum absolute atomic E-state index is 0.0844. The monoisotopic (exact) mass is 412 g/mol. The Kier molecular flexibility index (Phi) is 5.79. The minimum atomic E-state index is -0.765. The minimum Gasteiger partial charge on any atom is -0.444 e. The van der Waals surface area contributed by atoms with Crippen molar-refractivity contribution in [3.63, 3.8) is 0 Å². The quantitative estimate of drug-likeness (QED) is 0.779. The molecular weight excluding hydrogens is 388 g/mol. The van der Waals surface area contributed by atoms with E-state index in [2.05, 4.69) is 21.2 Å². The number of ether oxygens (including phenoxy) is 1. The van der Waals surface area contributed by atoms with Gasteiger partial charge in [0.2, 0.25) is 5.91 Å².